The van der Waals surface area contributed by atoms with Crippen LogP contribution in [0.3, 0.4) is 0 Å². The van der Waals surface area contributed by atoms with Crippen molar-refractivity contribution >= 4 is 22.2 Å². The molecule has 0 aliphatic carbocycles. The lowest BCUT2D eigenvalue weighted by molar-refractivity contribution is 0.250. The van der Waals surface area contributed by atoms with Crippen molar-refractivity contribution in [2.75, 3.05) is 21.3 Å². The van der Waals surface area contributed by atoms with Crippen molar-refractivity contribution in [3.8, 4) is 11.5 Å². The van der Waals surface area contributed by atoms with Crippen LogP contribution in [-0.2, 0) is 6.54 Å². The van der Waals surface area contributed by atoms with Crippen molar-refractivity contribution in [3.63, 3.8) is 0 Å². The molecule has 0 amide bonds. The molecule has 0 aliphatic heterocycles. The van der Waals surface area contributed by atoms with Crippen LogP contribution in [0.1, 0.15) is 23.7 Å². The van der Waals surface area contributed by atoms with E-state index in [1.54, 1.807) is 37.7 Å². The second-order valence-corrected chi connectivity index (χ2v) is 6.82. The molecule has 0 saturated heterocycles. The highest BCUT2D eigenvalue weighted by Crippen LogP contribution is 2.30. The molecule has 1 atom stereocenters. The molecular weight excluding hydrogens is 338 g/mol. The van der Waals surface area contributed by atoms with E-state index in [9.17, 15) is 4.79 Å². The van der Waals surface area contributed by atoms with Crippen molar-refractivity contribution in [1.29, 1.82) is 0 Å². The van der Waals surface area contributed by atoms with E-state index in [0.717, 1.165) is 0 Å². The fourth-order valence-corrected chi connectivity index (χ4v) is 3.56. The summed E-state index contributed by atoms with van der Waals surface area (Å²) in [5.74, 6) is 1.69. The molecule has 6 nitrogen and oxygen atoms in total. The summed E-state index contributed by atoms with van der Waals surface area (Å²) in [5.41, 5.74) is 0.409. The van der Waals surface area contributed by atoms with Crippen LogP contribution in [0.25, 0.3) is 10.9 Å². The van der Waals surface area contributed by atoms with E-state index < -0.39 is 0 Å². The third kappa shape index (κ3) is 3.52. The minimum atomic E-state index is -0.182. The predicted octanol–water partition coefficient (Wildman–Crippen LogP) is 3.19. The van der Waals surface area contributed by atoms with Crippen molar-refractivity contribution < 1.29 is 9.47 Å². The Labute approximate surface area is 150 Å². The van der Waals surface area contributed by atoms with E-state index in [4.69, 9.17) is 9.47 Å². The Kier molecular flexibility index (Phi) is 5.06. The first kappa shape index (κ1) is 17.4. The van der Waals surface area contributed by atoms with Gasteiger partial charge >= 0.3 is 0 Å². The van der Waals surface area contributed by atoms with E-state index in [-0.39, 0.29) is 11.6 Å². The van der Waals surface area contributed by atoms with Gasteiger partial charge in [-0.05, 0) is 31.5 Å². The predicted molar refractivity (Wildman–Crippen MR) is 99.7 cm³/mol. The number of methoxy groups -OCH3 is 2. The topological polar surface area (TPSA) is 67.5 Å². The SMILES string of the molecule is COc1cc2nc(CN(C)[C@H](C)c3cccs3)[nH]c(=O)c2cc1OC. The van der Waals surface area contributed by atoms with Crippen LogP contribution in [-0.4, -0.2) is 36.1 Å². The maximum Gasteiger partial charge on any atom is 0.258 e. The standard InChI is InChI=1S/C18H21N3O3S/c1-11(16-6-5-7-25-16)21(2)10-17-19-13-9-15(24-4)14(23-3)8-12(13)18(22)20-17/h5-9,11H,10H2,1-4H3,(H,19,20,22)/t11-/m1/s1. The van der Waals surface area contributed by atoms with Crippen LogP contribution in [0.4, 0.5) is 0 Å². The van der Waals surface area contributed by atoms with Crippen LogP contribution in [0.2, 0.25) is 0 Å². The number of rotatable bonds is 6. The molecule has 0 spiro atoms. The Morgan fingerprint density at radius 1 is 1.28 bits per heavy atom. The smallest absolute Gasteiger partial charge is 0.258 e. The molecule has 0 unspecified atom stereocenters. The lowest BCUT2D eigenvalue weighted by atomic mass is 10.2. The summed E-state index contributed by atoms with van der Waals surface area (Å²) in [5, 5.41) is 2.55. The van der Waals surface area contributed by atoms with Crippen molar-refractivity contribution in [1.82, 2.24) is 14.9 Å². The molecule has 0 radical (unpaired) electrons. The first-order valence-electron chi connectivity index (χ1n) is 7.92. The zero-order chi connectivity index (χ0) is 18.0. The third-order valence-electron chi connectivity index (χ3n) is 4.28. The van der Waals surface area contributed by atoms with Gasteiger partial charge in [0.1, 0.15) is 5.82 Å². The minimum Gasteiger partial charge on any atom is -0.493 e. The number of fused-ring (bicyclic) bond motifs is 1. The van der Waals surface area contributed by atoms with E-state index in [1.807, 2.05) is 13.1 Å². The number of hydrogen-bond donors (Lipinski definition) is 1. The summed E-state index contributed by atoms with van der Waals surface area (Å²) in [6.07, 6.45) is 0. The summed E-state index contributed by atoms with van der Waals surface area (Å²) in [6, 6.07) is 7.78. The Morgan fingerprint density at radius 2 is 2.00 bits per heavy atom. The lowest BCUT2D eigenvalue weighted by Gasteiger charge is -2.23. The zero-order valence-electron chi connectivity index (χ0n) is 14.7. The highest BCUT2D eigenvalue weighted by molar-refractivity contribution is 7.10. The maximum atomic E-state index is 12.4. The maximum absolute atomic E-state index is 12.4. The zero-order valence-corrected chi connectivity index (χ0v) is 15.5. The first-order chi connectivity index (χ1) is 12.0. The molecule has 1 N–H and O–H groups in total. The molecule has 3 aromatic rings. The van der Waals surface area contributed by atoms with Gasteiger partial charge in [0.25, 0.3) is 5.56 Å². The highest BCUT2D eigenvalue weighted by Gasteiger charge is 2.16. The van der Waals surface area contributed by atoms with Gasteiger partial charge in [-0.3, -0.25) is 9.69 Å². The molecule has 0 bridgehead atoms. The fourth-order valence-electron chi connectivity index (χ4n) is 2.71. The summed E-state index contributed by atoms with van der Waals surface area (Å²) < 4.78 is 10.6. The molecule has 2 heterocycles. The highest BCUT2D eigenvalue weighted by atomic mass is 32.1. The minimum absolute atomic E-state index is 0.182. The Hall–Kier alpha value is -2.38. The molecule has 0 saturated carbocycles. The van der Waals surface area contributed by atoms with Crippen molar-refractivity contribution in [3.05, 3.63) is 50.7 Å². The Bertz CT molecular complexity index is 921. The Morgan fingerprint density at radius 3 is 2.64 bits per heavy atom. The molecule has 25 heavy (non-hydrogen) atoms. The van der Waals surface area contributed by atoms with Gasteiger partial charge in [0.2, 0.25) is 0 Å². The van der Waals surface area contributed by atoms with E-state index in [0.29, 0.717) is 34.8 Å². The van der Waals surface area contributed by atoms with Crippen LogP contribution >= 0.6 is 11.3 Å². The van der Waals surface area contributed by atoms with Gasteiger partial charge in [-0.15, -0.1) is 11.3 Å². The molecule has 2 aromatic heterocycles. The number of aromatic nitrogens is 2. The van der Waals surface area contributed by atoms with Crippen LogP contribution in [0, 0.1) is 0 Å². The van der Waals surface area contributed by atoms with Crippen LogP contribution in [0.15, 0.2) is 34.4 Å². The van der Waals surface area contributed by atoms with Gasteiger partial charge in [0.15, 0.2) is 11.5 Å². The number of H-pyrrole nitrogens is 1. The number of thiophene rings is 1. The number of benzene rings is 1. The van der Waals surface area contributed by atoms with E-state index >= 15 is 0 Å². The number of nitrogens with one attached hydrogen (secondary N) is 1. The average molecular weight is 359 g/mol. The van der Waals surface area contributed by atoms with Gasteiger partial charge in [-0.2, -0.15) is 0 Å². The van der Waals surface area contributed by atoms with Gasteiger partial charge in [-0.1, -0.05) is 6.07 Å². The second-order valence-electron chi connectivity index (χ2n) is 5.84. The van der Waals surface area contributed by atoms with Crippen LogP contribution in [0.5, 0.6) is 11.5 Å². The summed E-state index contributed by atoms with van der Waals surface area (Å²) in [7, 11) is 5.12. The molecule has 0 aliphatic rings. The van der Waals surface area contributed by atoms with Gasteiger partial charge in [0, 0.05) is 17.0 Å². The van der Waals surface area contributed by atoms with Gasteiger partial charge in [0.05, 0.1) is 31.7 Å². The quantitative estimate of drug-likeness (QED) is 0.732. The molecule has 7 heteroatoms. The number of aromatic amines is 1. The van der Waals surface area contributed by atoms with Crippen LogP contribution < -0.4 is 15.0 Å². The molecule has 132 valence electrons. The molecular formula is C18H21N3O3S. The van der Waals surface area contributed by atoms with Crippen molar-refractivity contribution in [2.24, 2.45) is 0 Å². The fraction of sp³-hybridized carbons (Fsp3) is 0.333. The first-order valence-corrected chi connectivity index (χ1v) is 8.80. The Balaban J connectivity index is 1.93. The molecule has 0 fully saturated rings. The van der Waals surface area contributed by atoms with E-state index in [1.165, 1.54) is 4.88 Å². The lowest BCUT2D eigenvalue weighted by Crippen LogP contribution is -2.24. The van der Waals surface area contributed by atoms with Crippen molar-refractivity contribution in [2.45, 2.75) is 19.5 Å². The normalized spacial score (nSPS) is 12.5. The summed E-state index contributed by atoms with van der Waals surface area (Å²) in [4.78, 5) is 23.3. The number of hydrogen-bond acceptors (Lipinski definition) is 6. The average Bonchev–Trinajstić information content (AvgIpc) is 3.14. The third-order valence-corrected chi connectivity index (χ3v) is 5.32. The largest absolute Gasteiger partial charge is 0.493 e. The van der Waals surface area contributed by atoms with Gasteiger partial charge < -0.3 is 14.5 Å². The number of nitrogens with zero attached hydrogens (tertiary/aromatic N) is 2. The van der Waals surface area contributed by atoms with Gasteiger partial charge in [-0.25, -0.2) is 4.98 Å². The summed E-state index contributed by atoms with van der Waals surface area (Å²) >= 11 is 1.72. The second kappa shape index (κ2) is 7.25. The summed E-state index contributed by atoms with van der Waals surface area (Å²) in [6.45, 7) is 2.68. The molecule has 1 aromatic carbocycles. The number of ether oxygens (including phenoxy) is 2. The van der Waals surface area contributed by atoms with E-state index in [2.05, 4.69) is 33.2 Å². The molecule has 3 rings (SSSR count). The monoisotopic (exact) mass is 359 g/mol.